The third kappa shape index (κ3) is 7.33. The minimum absolute atomic E-state index is 0.422. The molecule has 0 rings (SSSR count). The minimum Gasteiger partial charge on any atom is -0.436 e. The lowest BCUT2D eigenvalue weighted by atomic mass is 10.2. The van der Waals surface area contributed by atoms with Crippen molar-refractivity contribution in [1.82, 2.24) is 0 Å². The summed E-state index contributed by atoms with van der Waals surface area (Å²) in [7, 11) is 0. The normalized spacial score (nSPS) is 12.6. The molecule has 66 valence electrons. The molecule has 11 heavy (non-hydrogen) atoms. The van der Waals surface area contributed by atoms with Crippen molar-refractivity contribution in [2.45, 2.75) is 45.8 Å². The number of carbonyl (C=O) groups excluding carboxylic acids is 1. The van der Waals surface area contributed by atoms with Crippen molar-refractivity contribution in [3.63, 3.8) is 0 Å². The molecule has 0 aromatic heterocycles. The van der Waals surface area contributed by atoms with E-state index in [0.717, 1.165) is 19.3 Å². The Morgan fingerprint density at radius 1 is 1.55 bits per heavy atom. The van der Waals surface area contributed by atoms with Crippen molar-refractivity contribution >= 4 is 5.97 Å². The van der Waals surface area contributed by atoms with Gasteiger partial charge in [-0.3, -0.25) is 4.79 Å². The van der Waals surface area contributed by atoms with Crippen molar-refractivity contribution < 1.29 is 14.6 Å². The molecule has 0 bridgehead atoms. The monoisotopic (exact) mass is 160 g/mol. The Labute approximate surface area is 67.4 Å². The molecule has 0 saturated heterocycles. The molecule has 3 heteroatoms. The van der Waals surface area contributed by atoms with Gasteiger partial charge in [-0.1, -0.05) is 19.8 Å². The van der Waals surface area contributed by atoms with Crippen molar-refractivity contribution in [2.75, 3.05) is 0 Å². The Balaban J connectivity index is 3.22. The summed E-state index contributed by atoms with van der Waals surface area (Å²) >= 11 is 0. The summed E-state index contributed by atoms with van der Waals surface area (Å²) in [6.07, 6.45) is 2.72. The van der Waals surface area contributed by atoms with Gasteiger partial charge in [0.15, 0.2) is 0 Å². The fourth-order valence-electron chi connectivity index (χ4n) is 0.819. The SMILES string of the molecule is CCCCCC(O)OC(C)=O. The molecule has 0 aliphatic heterocycles. The van der Waals surface area contributed by atoms with Gasteiger partial charge in [-0.2, -0.15) is 0 Å². The van der Waals surface area contributed by atoms with Crippen LogP contribution in [0, 0.1) is 0 Å². The number of ether oxygens (including phenoxy) is 1. The quantitative estimate of drug-likeness (QED) is 0.376. The lowest BCUT2D eigenvalue weighted by molar-refractivity contribution is -0.165. The molecule has 0 fully saturated rings. The summed E-state index contributed by atoms with van der Waals surface area (Å²) < 4.78 is 4.51. The number of esters is 1. The van der Waals surface area contributed by atoms with E-state index in [0.29, 0.717) is 6.42 Å². The van der Waals surface area contributed by atoms with E-state index in [-0.39, 0.29) is 0 Å². The summed E-state index contributed by atoms with van der Waals surface area (Å²) in [6, 6.07) is 0. The molecule has 1 N–H and O–H groups in total. The van der Waals surface area contributed by atoms with Gasteiger partial charge in [-0.15, -0.1) is 0 Å². The van der Waals surface area contributed by atoms with E-state index in [1.807, 2.05) is 0 Å². The summed E-state index contributed by atoms with van der Waals surface area (Å²) in [4.78, 5) is 10.3. The Bertz CT molecular complexity index is 112. The Kier molecular flexibility index (Phi) is 5.84. The van der Waals surface area contributed by atoms with E-state index in [9.17, 15) is 4.79 Å². The average Bonchev–Trinajstić information content (AvgIpc) is 1.86. The maximum atomic E-state index is 10.3. The van der Waals surface area contributed by atoms with Crippen LogP contribution < -0.4 is 0 Å². The fraction of sp³-hybridized carbons (Fsp3) is 0.875. The first-order chi connectivity index (χ1) is 5.16. The van der Waals surface area contributed by atoms with Crippen molar-refractivity contribution in [1.29, 1.82) is 0 Å². The van der Waals surface area contributed by atoms with Gasteiger partial charge in [0.05, 0.1) is 0 Å². The molecule has 0 spiro atoms. The van der Waals surface area contributed by atoms with Gasteiger partial charge in [0.1, 0.15) is 0 Å². The van der Waals surface area contributed by atoms with Crippen LogP contribution in [0.15, 0.2) is 0 Å². The van der Waals surface area contributed by atoms with Crippen LogP contribution in [0.2, 0.25) is 0 Å². The first-order valence-corrected chi connectivity index (χ1v) is 4.02. The molecule has 0 radical (unpaired) electrons. The molecule has 1 unspecified atom stereocenters. The molecule has 0 aliphatic rings. The van der Waals surface area contributed by atoms with Gasteiger partial charge in [0, 0.05) is 13.3 Å². The van der Waals surface area contributed by atoms with E-state index in [1.165, 1.54) is 6.92 Å². The first-order valence-electron chi connectivity index (χ1n) is 4.02. The molecule has 0 amide bonds. The van der Waals surface area contributed by atoms with Crippen LogP contribution in [0.3, 0.4) is 0 Å². The molecule has 3 nitrogen and oxygen atoms in total. The lowest BCUT2D eigenvalue weighted by Gasteiger charge is -2.09. The van der Waals surface area contributed by atoms with Crippen LogP contribution in [0.1, 0.15) is 39.5 Å². The molecule has 0 aromatic rings. The predicted molar refractivity (Wildman–Crippen MR) is 41.9 cm³/mol. The van der Waals surface area contributed by atoms with Crippen LogP contribution in [0.25, 0.3) is 0 Å². The minimum atomic E-state index is -0.904. The fourth-order valence-corrected chi connectivity index (χ4v) is 0.819. The maximum Gasteiger partial charge on any atom is 0.304 e. The van der Waals surface area contributed by atoms with Crippen molar-refractivity contribution in [2.24, 2.45) is 0 Å². The predicted octanol–water partition coefficient (Wildman–Crippen LogP) is 1.45. The second kappa shape index (κ2) is 6.16. The molecule has 0 aromatic carbocycles. The molecule has 0 heterocycles. The summed E-state index contributed by atoms with van der Waals surface area (Å²) in [6.45, 7) is 3.38. The number of hydrogen-bond donors (Lipinski definition) is 1. The largest absolute Gasteiger partial charge is 0.436 e. The molecular formula is C8H16O3. The van der Waals surface area contributed by atoms with E-state index in [1.54, 1.807) is 0 Å². The van der Waals surface area contributed by atoms with E-state index < -0.39 is 12.3 Å². The highest BCUT2D eigenvalue weighted by atomic mass is 16.6. The number of unbranched alkanes of at least 4 members (excludes halogenated alkanes) is 2. The Morgan fingerprint density at radius 3 is 2.64 bits per heavy atom. The van der Waals surface area contributed by atoms with E-state index in [2.05, 4.69) is 11.7 Å². The van der Waals surface area contributed by atoms with Gasteiger partial charge in [-0.25, -0.2) is 0 Å². The van der Waals surface area contributed by atoms with Crippen LogP contribution in [0.4, 0.5) is 0 Å². The third-order valence-corrected chi connectivity index (χ3v) is 1.36. The number of rotatable bonds is 5. The first kappa shape index (κ1) is 10.4. The van der Waals surface area contributed by atoms with Crippen LogP contribution >= 0.6 is 0 Å². The number of aliphatic hydroxyl groups excluding tert-OH is 1. The van der Waals surface area contributed by atoms with E-state index >= 15 is 0 Å². The molecular weight excluding hydrogens is 144 g/mol. The zero-order valence-corrected chi connectivity index (χ0v) is 7.17. The van der Waals surface area contributed by atoms with Gasteiger partial charge in [0.2, 0.25) is 6.29 Å². The maximum absolute atomic E-state index is 10.3. The van der Waals surface area contributed by atoms with Gasteiger partial charge >= 0.3 is 5.97 Å². The van der Waals surface area contributed by atoms with Crippen molar-refractivity contribution in [3.8, 4) is 0 Å². The summed E-state index contributed by atoms with van der Waals surface area (Å²) in [5.74, 6) is -0.422. The van der Waals surface area contributed by atoms with Gasteiger partial charge in [-0.05, 0) is 6.42 Å². The van der Waals surface area contributed by atoms with Crippen molar-refractivity contribution in [3.05, 3.63) is 0 Å². The third-order valence-electron chi connectivity index (χ3n) is 1.36. The van der Waals surface area contributed by atoms with Gasteiger partial charge < -0.3 is 9.84 Å². The standard InChI is InChI=1S/C8H16O3/c1-3-4-5-6-8(10)11-7(2)9/h8,10H,3-6H2,1-2H3. The zero-order valence-electron chi connectivity index (χ0n) is 7.17. The number of carbonyl (C=O) groups is 1. The highest BCUT2D eigenvalue weighted by Crippen LogP contribution is 2.03. The van der Waals surface area contributed by atoms with E-state index in [4.69, 9.17) is 5.11 Å². The lowest BCUT2D eigenvalue weighted by Crippen LogP contribution is -2.14. The smallest absolute Gasteiger partial charge is 0.304 e. The molecule has 0 saturated carbocycles. The van der Waals surface area contributed by atoms with Crippen LogP contribution in [-0.2, 0) is 9.53 Å². The van der Waals surface area contributed by atoms with Crippen LogP contribution in [0.5, 0.6) is 0 Å². The average molecular weight is 160 g/mol. The Morgan fingerprint density at radius 2 is 2.18 bits per heavy atom. The summed E-state index contributed by atoms with van der Waals surface area (Å²) in [5, 5.41) is 9.00. The second-order valence-corrected chi connectivity index (χ2v) is 2.56. The highest BCUT2D eigenvalue weighted by Gasteiger charge is 2.05. The molecule has 1 atom stereocenters. The number of hydrogen-bond acceptors (Lipinski definition) is 3. The zero-order chi connectivity index (χ0) is 8.69. The molecule has 0 aliphatic carbocycles. The highest BCUT2D eigenvalue weighted by molar-refractivity contribution is 5.65. The van der Waals surface area contributed by atoms with Gasteiger partial charge in [0.25, 0.3) is 0 Å². The van der Waals surface area contributed by atoms with Crippen LogP contribution in [-0.4, -0.2) is 17.4 Å². The Hall–Kier alpha value is -0.570. The topological polar surface area (TPSA) is 46.5 Å². The number of aliphatic hydroxyl groups is 1. The second-order valence-electron chi connectivity index (χ2n) is 2.56. The summed E-state index contributed by atoms with van der Waals surface area (Å²) in [5.41, 5.74) is 0.